The van der Waals surface area contributed by atoms with Crippen LogP contribution in [0.5, 0.6) is 0 Å². The van der Waals surface area contributed by atoms with Gasteiger partial charge < -0.3 is 20.7 Å². The number of carbonyl (C=O) groups excluding carboxylic acids is 2. The molecule has 4 aromatic rings. The van der Waals surface area contributed by atoms with Gasteiger partial charge in [0.1, 0.15) is 5.82 Å². The fourth-order valence-corrected chi connectivity index (χ4v) is 5.28. The summed E-state index contributed by atoms with van der Waals surface area (Å²) in [6.45, 7) is 3.54. The van der Waals surface area contributed by atoms with Crippen molar-refractivity contribution in [2.45, 2.75) is 32.0 Å². The molecular weight excluding hydrogens is 537 g/mol. The molecule has 2 aromatic carbocycles. The van der Waals surface area contributed by atoms with Crippen molar-refractivity contribution in [3.05, 3.63) is 95.6 Å². The van der Waals surface area contributed by atoms with Gasteiger partial charge in [0.15, 0.2) is 0 Å². The molecule has 2 aromatic heterocycles. The third-order valence-corrected chi connectivity index (χ3v) is 7.30. The van der Waals surface area contributed by atoms with E-state index in [0.717, 1.165) is 11.1 Å². The number of aromatic nitrogens is 3. The lowest BCUT2D eigenvalue weighted by Gasteiger charge is -2.24. The minimum absolute atomic E-state index is 0.0958. The van der Waals surface area contributed by atoms with E-state index in [9.17, 15) is 9.59 Å². The number of aliphatic imine (C=N–C) groups is 1. The Morgan fingerprint density at radius 3 is 2.57 bits per heavy atom. The van der Waals surface area contributed by atoms with Crippen LogP contribution in [0.2, 0.25) is 0 Å². The minimum atomic E-state index is -1.25. The molecule has 6 rings (SSSR count). The number of fused-ring (bicyclic) bond motifs is 1. The van der Waals surface area contributed by atoms with Crippen molar-refractivity contribution >= 4 is 29.0 Å². The number of benzodiazepines with no additional fused rings is 1. The topological polar surface area (TPSA) is 123 Å². The van der Waals surface area contributed by atoms with Gasteiger partial charge in [0, 0.05) is 30.9 Å². The monoisotopic (exact) mass is 567 g/mol. The number of hydrogen-bond acceptors (Lipinski definition) is 7. The summed E-state index contributed by atoms with van der Waals surface area (Å²) in [5.74, 6) is -1.45. The first-order valence-electron chi connectivity index (χ1n) is 13.9. The first-order valence-corrected chi connectivity index (χ1v) is 13.9. The van der Waals surface area contributed by atoms with Crippen molar-refractivity contribution in [2.75, 3.05) is 30.4 Å². The summed E-state index contributed by atoms with van der Waals surface area (Å²) in [6, 6.07) is 20.0. The van der Waals surface area contributed by atoms with Gasteiger partial charge in [-0.1, -0.05) is 48.5 Å². The van der Waals surface area contributed by atoms with Crippen LogP contribution >= 0.6 is 0 Å². The van der Waals surface area contributed by atoms with Crippen molar-refractivity contribution in [3.63, 3.8) is 0 Å². The van der Waals surface area contributed by atoms with Crippen LogP contribution in [0.3, 0.4) is 0 Å². The van der Waals surface area contributed by atoms with Gasteiger partial charge in [-0.2, -0.15) is 9.49 Å². The number of carbonyl (C=O) groups is 2. The number of nitrogens with one attached hydrogen (secondary N) is 3. The van der Waals surface area contributed by atoms with E-state index in [1.807, 2.05) is 55.5 Å². The Hall–Kier alpha value is -4.90. The summed E-state index contributed by atoms with van der Waals surface area (Å²) in [4.78, 5) is 36.0. The number of nitrogens with zero attached hydrogens (tertiary/aromatic N) is 4. The average Bonchev–Trinajstić information content (AvgIpc) is 3.40. The van der Waals surface area contributed by atoms with Gasteiger partial charge in [-0.3, -0.25) is 14.3 Å². The van der Waals surface area contributed by atoms with Crippen LogP contribution in [0.1, 0.15) is 47.3 Å². The van der Waals surface area contributed by atoms with Crippen LogP contribution in [0.15, 0.2) is 77.9 Å². The molecule has 3 N–H and O–H groups in total. The summed E-state index contributed by atoms with van der Waals surface area (Å²) >= 11 is 0. The Balaban J connectivity index is 1.39. The van der Waals surface area contributed by atoms with Crippen LogP contribution in [0.25, 0.3) is 11.3 Å². The normalized spacial score (nSPS) is 17.0. The summed E-state index contributed by atoms with van der Waals surface area (Å²) < 4.78 is 22.6. The predicted molar refractivity (Wildman–Crippen MR) is 157 cm³/mol. The molecule has 1 atom stereocenters. The molecule has 1 fully saturated rings. The maximum atomic E-state index is 15.5. The van der Waals surface area contributed by atoms with Crippen molar-refractivity contribution in [2.24, 2.45) is 4.99 Å². The Bertz CT molecular complexity index is 1650. The molecule has 2 amide bonds. The lowest BCUT2D eigenvalue weighted by molar-refractivity contribution is -0.117. The van der Waals surface area contributed by atoms with E-state index >= 15 is 4.39 Å². The van der Waals surface area contributed by atoms with E-state index in [4.69, 9.17) is 9.73 Å². The number of ether oxygens (including phenoxy) is 1. The quantitative estimate of drug-likeness (QED) is 0.284. The number of para-hydroxylation sites is 1. The molecule has 2 aliphatic rings. The fourth-order valence-electron chi connectivity index (χ4n) is 5.28. The number of benzene rings is 2. The van der Waals surface area contributed by atoms with E-state index < -0.39 is 23.9 Å². The van der Waals surface area contributed by atoms with Crippen molar-refractivity contribution in [1.29, 1.82) is 0 Å². The fraction of sp³-hybridized carbons (Fsp3) is 0.258. The highest BCUT2D eigenvalue weighted by Gasteiger charge is 2.31. The molecule has 0 radical (unpaired) electrons. The first kappa shape index (κ1) is 27.3. The molecule has 4 heterocycles. The SMILES string of the molecule is CCNc1ccc(-c2c(C(=O)N[C@H]3N=C(c4ccccc4)c4ccccc4NC3=O)cnn2C2CCOCC2)c(F)n1. The van der Waals surface area contributed by atoms with Gasteiger partial charge in [0.25, 0.3) is 11.8 Å². The Morgan fingerprint density at radius 1 is 1.05 bits per heavy atom. The minimum Gasteiger partial charge on any atom is -0.381 e. The molecule has 11 heteroatoms. The lowest BCUT2D eigenvalue weighted by Crippen LogP contribution is -2.42. The smallest absolute Gasteiger partial charge is 0.269 e. The Morgan fingerprint density at radius 2 is 1.81 bits per heavy atom. The zero-order chi connectivity index (χ0) is 29.1. The summed E-state index contributed by atoms with van der Waals surface area (Å²) in [5.41, 5.74) is 3.21. The van der Waals surface area contributed by atoms with Crippen LogP contribution in [0, 0.1) is 5.95 Å². The Kier molecular flexibility index (Phi) is 7.74. The number of anilines is 2. The molecule has 0 saturated carbocycles. The van der Waals surface area contributed by atoms with Crippen LogP contribution in [-0.2, 0) is 9.53 Å². The molecule has 0 aliphatic carbocycles. The highest BCUT2D eigenvalue weighted by atomic mass is 19.1. The number of pyridine rings is 1. The molecule has 214 valence electrons. The second-order valence-corrected chi connectivity index (χ2v) is 10.0. The molecule has 42 heavy (non-hydrogen) atoms. The highest BCUT2D eigenvalue weighted by molar-refractivity contribution is 6.20. The second kappa shape index (κ2) is 11.9. The van der Waals surface area contributed by atoms with Crippen molar-refractivity contribution in [1.82, 2.24) is 20.1 Å². The summed E-state index contributed by atoms with van der Waals surface area (Å²) in [7, 11) is 0. The molecule has 10 nitrogen and oxygen atoms in total. The third-order valence-electron chi connectivity index (χ3n) is 7.30. The predicted octanol–water partition coefficient (Wildman–Crippen LogP) is 4.41. The third kappa shape index (κ3) is 5.38. The standard InChI is InChI=1S/C31H30FN7O3/c1-2-33-25-13-12-22(28(32)36-25)27-23(18-34-39(27)20-14-16-42-17-15-20)30(40)38-29-31(41)35-24-11-7-6-10-21(24)26(37-29)19-8-4-3-5-9-19/h3-13,18,20,29H,2,14-17H2,1H3,(H,33,36)(H,35,41)(H,38,40)/t29-/m1/s1. The largest absolute Gasteiger partial charge is 0.381 e. The van der Waals surface area contributed by atoms with Crippen LogP contribution in [0.4, 0.5) is 15.9 Å². The van der Waals surface area contributed by atoms with E-state index in [1.165, 1.54) is 6.20 Å². The van der Waals surface area contributed by atoms with Crippen molar-refractivity contribution in [3.8, 4) is 11.3 Å². The van der Waals surface area contributed by atoms with E-state index in [0.29, 0.717) is 49.8 Å². The van der Waals surface area contributed by atoms with Gasteiger partial charge >= 0.3 is 0 Å². The summed E-state index contributed by atoms with van der Waals surface area (Å²) in [5, 5.41) is 13.2. The maximum Gasteiger partial charge on any atom is 0.269 e. The average molecular weight is 568 g/mol. The number of rotatable bonds is 7. The highest BCUT2D eigenvalue weighted by Crippen LogP contribution is 2.33. The van der Waals surface area contributed by atoms with Crippen LogP contribution in [-0.4, -0.2) is 58.2 Å². The van der Waals surface area contributed by atoms with E-state index in [-0.39, 0.29) is 22.9 Å². The molecule has 1 saturated heterocycles. The zero-order valence-electron chi connectivity index (χ0n) is 23.0. The van der Waals surface area contributed by atoms with Crippen molar-refractivity contribution < 1.29 is 18.7 Å². The molecule has 0 spiro atoms. The van der Waals surface area contributed by atoms with Crippen LogP contribution < -0.4 is 16.0 Å². The maximum absolute atomic E-state index is 15.5. The Labute approximate surface area is 242 Å². The first-order chi connectivity index (χ1) is 20.5. The van der Waals surface area contributed by atoms with E-state index in [2.05, 4.69) is 26.0 Å². The summed E-state index contributed by atoms with van der Waals surface area (Å²) in [6.07, 6.45) is 1.48. The number of hydrogen-bond donors (Lipinski definition) is 3. The number of halogens is 1. The van der Waals surface area contributed by atoms with Gasteiger partial charge in [0.05, 0.1) is 40.5 Å². The molecule has 2 aliphatic heterocycles. The van der Waals surface area contributed by atoms with E-state index in [1.54, 1.807) is 22.9 Å². The van der Waals surface area contributed by atoms with Gasteiger partial charge in [-0.05, 0) is 38.0 Å². The lowest BCUT2D eigenvalue weighted by atomic mass is 10.0. The van der Waals surface area contributed by atoms with Gasteiger partial charge in [-0.15, -0.1) is 0 Å². The zero-order valence-corrected chi connectivity index (χ0v) is 23.0. The molecule has 0 bridgehead atoms. The van der Waals surface area contributed by atoms with Gasteiger partial charge in [0.2, 0.25) is 12.1 Å². The second-order valence-electron chi connectivity index (χ2n) is 10.0. The molecule has 0 unspecified atom stereocenters. The number of amides is 2. The van der Waals surface area contributed by atoms with Gasteiger partial charge in [-0.25, -0.2) is 9.98 Å². The molecular formula is C31H30FN7O3.